The van der Waals surface area contributed by atoms with E-state index in [-0.39, 0.29) is 11.7 Å². The highest BCUT2D eigenvalue weighted by Crippen LogP contribution is 2.24. The topological polar surface area (TPSA) is 69.2 Å². The summed E-state index contributed by atoms with van der Waals surface area (Å²) < 4.78 is 0. The van der Waals surface area contributed by atoms with Gasteiger partial charge in [-0.2, -0.15) is 0 Å². The van der Waals surface area contributed by atoms with E-state index < -0.39 is 4.92 Å². The van der Waals surface area contributed by atoms with Gasteiger partial charge >= 0.3 is 0 Å². The normalized spacial score (nSPS) is 12.3. The summed E-state index contributed by atoms with van der Waals surface area (Å²) in [7, 11) is 0. The Morgan fingerprint density at radius 3 is 2.44 bits per heavy atom. The molecule has 0 amide bonds. The second-order valence-corrected chi connectivity index (χ2v) is 5.50. The van der Waals surface area contributed by atoms with Crippen LogP contribution in [0.1, 0.15) is 21.4 Å². The van der Waals surface area contributed by atoms with Gasteiger partial charge in [0.1, 0.15) is 0 Å². The quantitative estimate of drug-likeness (QED) is 0.679. The van der Waals surface area contributed by atoms with E-state index in [1.165, 1.54) is 17.0 Å². The van der Waals surface area contributed by atoms with Gasteiger partial charge in [0.15, 0.2) is 0 Å². The molecule has 0 fully saturated rings. The van der Waals surface area contributed by atoms with Crippen molar-refractivity contribution in [2.45, 2.75) is 19.4 Å². The highest BCUT2D eigenvalue weighted by molar-refractivity contribution is 7.12. The minimum absolute atomic E-state index is 0.0508. The van der Waals surface area contributed by atoms with Crippen LogP contribution >= 0.6 is 11.3 Å². The van der Waals surface area contributed by atoms with Gasteiger partial charge in [0.2, 0.25) is 0 Å². The second-order valence-electron chi connectivity index (χ2n) is 4.18. The average molecular weight is 262 g/mol. The molecule has 0 saturated heterocycles. The molecule has 1 aromatic carbocycles. The molecule has 1 aromatic heterocycles. The zero-order valence-corrected chi connectivity index (χ0v) is 10.8. The van der Waals surface area contributed by atoms with Crippen molar-refractivity contribution in [1.82, 2.24) is 0 Å². The molecular formula is C13H14N2O2S. The molecule has 4 nitrogen and oxygen atoms in total. The van der Waals surface area contributed by atoms with Crippen LogP contribution in [0.5, 0.6) is 0 Å². The van der Waals surface area contributed by atoms with Gasteiger partial charge in [-0.05, 0) is 31.0 Å². The van der Waals surface area contributed by atoms with Crippen molar-refractivity contribution in [1.29, 1.82) is 0 Å². The van der Waals surface area contributed by atoms with E-state index in [0.29, 0.717) is 6.42 Å². The molecular weight excluding hydrogens is 248 g/mol. The molecule has 2 aromatic rings. The molecule has 1 unspecified atom stereocenters. The predicted molar refractivity (Wildman–Crippen MR) is 72.8 cm³/mol. The SMILES string of the molecule is Cc1ccc(C(N)Cc2ccc([N+](=O)[O-])cc2)s1. The van der Waals surface area contributed by atoms with E-state index in [1.54, 1.807) is 23.5 Å². The van der Waals surface area contributed by atoms with Crippen molar-refractivity contribution < 1.29 is 4.92 Å². The van der Waals surface area contributed by atoms with Crippen molar-refractivity contribution in [3.8, 4) is 0 Å². The highest BCUT2D eigenvalue weighted by Gasteiger charge is 2.10. The Morgan fingerprint density at radius 2 is 1.94 bits per heavy atom. The number of hydrogen-bond donors (Lipinski definition) is 1. The zero-order chi connectivity index (χ0) is 13.1. The third kappa shape index (κ3) is 2.94. The molecule has 0 aliphatic carbocycles. The van der Waals surface area contributed by atoms with Crippen LogP contribution in [0, 0.1) is 17.0 Å². The van der Waals surface area contributed by atoms with Gasteiger partial charge in [0, 0.05) is 27.9 Å². The third-order valence-corrected chi connectivity index (χ3v) is 3.86. The Balaban J connectivity index is 2.07. The minimum atomic E-state index is -0.396. The van der Waals surface area contributed by atoms with Crippen molar-refractivity contribution in [3.63, 3.8) is 0 Å². The lowest BCUT2D eigenvalue weighted by molar-refractivity contribution is -0.384. The van der Waals surface area contributed by atoms with Crippen molar-refractivity contribution >= 4 is 17.0 Å². The molecule has 0 bridgehead atoms. The van der Waals surface area contributed by atoms with Crippen LogP contribution in [0.2, 0.25) is 0 Å². The predicted octanol–water partition coefficient (Wildman–Crippen LogP) is 3.21. The van der Waals surface area contributed by atoms with Crippen LogP contribution in [-0.4, -0.2) is 4.92 Å². The first-order valence-corrected chi connectivity index (χ1v) is 6.43. The fraction of sp³-hybridized carbons (Fsp3) is 0.231. The summed E-state index contributed by atoms with van der Waals surface area (Å²) in [6.45, 7) is 2.05. The van der Waals surface area contributed by atoms with E-state index in [0.717, 1.165) is 10.4 Å². The Kier molecular flexibility index (Phi) is 3.74. The van der Waals surface area contributed by atoms with Gasteiger partial charge in [-0.25, -0.2) is 0 Å². The zero-order valence-electron chi connectivity index (χ0n) is 10.00. The van der Waals surface area contributed by atoms with Crippen LogP contribution in [0.15, 0.2) is 36.4 Å². The van der Waals surface area contributed by atoms with Gasteiger partial charge in [-0.3, -0.25) is 10.1 Å². The van der Waals surface area contributed by atoms with Crippen molar-refractivity contribution in [2.24, 2.45) is 5.73 Å². The highest BCUT2D eigenvalue weighted by atomic mass is 32.1. The number of thiophene rings is 1. The van der Waals surface area contributed by atoms with Gasteiger partial charge in [-0.1, -0.05) is 12.1 Å². The van der Waals surface area contributed by atoms with Gasteiger partial charge < -0.3 is 5.73 Å². The van der Waals surface area contributed by atoms with Crippen molar-refractivity contribution in [2.75, 3.05) is 0 Å². The first-order chi connectivity index (χ1) is 8.56. The monoisotopic (exact) mass is 262 g/mol. The number of non-ortho nitro benzene ring substituents is 1. The third-order valence-electron chi connectivity index (χ3n) is 2.73. The smallest absolute Gasteiger partial charge is 0.269 e. The molecule has 1 atom stereocenters. The summed E-state index contributed by atoms with van der Waals surface area (Å²) in [5.41, 5.74) is 7.24. The maximum atomic E-state index is 10.5. The fourth-order valence-electron chi connectivity index (χ4n) is 1.76. The number of rotatable bonds is 4. The van der Waals surface area contributed by atoms with Gasteiger partial charge in [-0.15, -0.1) is 11.3 Å². The molecule has 1 heterocycles. The first-order valence-electron chi connectivity index (χ1n) is 5.61. The van der Waals surface area contributed by atoms with Crippen LogP contribution in [-0.2, 0) is 6.42 Å². The largest absolute Gasteiger partial charge is 0.323 e. The Hall–Kier alpha value is -1.72. The summed E-state index contributed by atoms with van der Waals surface area (Å²) in [5, 5.41) is 10.5. The van der Waals surface area contributed by atoms with Crippen LogP contribution in [0.3, 0.4) is 0 Å². The molecule has 94 valence electrons. The van der Waals surface area contributed by atoms with Gasteiger partial charge in [0.05, 0.1) is 4.92 Å². The fourth-order valence-corrected chi connectivity index (χ4v) is 2.64. The maximum absolute atomic E-state index is 10.5. The standard InChI is InChI=1S/C13H14N2O2S/c1-9-2-7-13(18-9)12(14)8-10-3-5-11(6-4-10)15(16)17/h2-7,12H,8,14H2,1H3. The number of nitro groups is 1. The van der Waals surface area contributed by atoms with Gasteiger partial charge in [0.25, 0.3) is 5.69 Å². The minimum Gasteiger partial charge on any atom is -0.323 e. The average Bonchev–Trinajstić information content (AvgIpc) is 2.76. The van der Waals surface area contributed by atoms with E-state index in [2.05, 4.69) is 6.07 Å². The molecule has 0 radical (unpaired) electrons. The number of benzene rings is 1. The molecule has 18 heavy (non-hydrogen) atoms. The number of hydrogen-bond acceptors (Lipinski definition) is 4. The Bertz CT molecular complexity index is 548. The van der Waals surface area contributed by atoms with E-state index in [1.807, 2.05) is 13.0 Å². The van der Waals surface area contributed by atoms with Crippen LogP contribution < -0.4 is 5.73 Å². The lowest BCUT2D eigenvalue weighted by Crippen LogP contribution is -2.11. The lowest BCUT2D eigenvalue weighted by atomic mass is 10.1. The molecule has 0 aliphatic rings. The van der Waals surface area contributed by atoms with E-state index in [4.69, 9.17) is 5.73 Å². The number of aryl methyl sites for hydroxylation is 1. The van der Waals surface area contributed by atoms with E-state index >= 15 is 0 Å². The Morgan fingerprint density at radius 1 is 1.28 bits per heavy atom. The summed E-state index contributed by atoms with van der Waals surface area (Å²) in [6, 6.07) is 10.6. The van der Waals surface area contributed by atoms with E-state index in [9.17, 15) is 10.1 Å². The van der Waals surface area contributed by atoms with Crippen LogP contribution in [0.4, 0.5) is 5.69 Å². The molecule has 0 spiro atoms. The second kappa shape index (κ2) is 5.29. The molecule has 0 aliphatic heterocycles. The Labute approximate surface area is 109 Å². The van der Waals surface area contributed by atoms with Crippen molar-refractivity contribution in [3.05, 3.63) is 61.8 Å². The van der Waals surface area contributed by atoms with Crippen LogP contribution in [0.25, 0.3) is 0 Å². The molecule has 2 N–H and O–H groups in total. The maximum Gasteiger partial charge on any atom is 0.269 e. The lowest BCUT2D eigenvalue weighted by Gasteiger charge is -2.09. The first kappa shape index (κ1) is 12.7. The molecule has 0 saturated carbocycles. The molecule has 2 rings (SSSR count). The summed E-state index contributed by atoms with van der Waals surface area (Å²) in [4.78, 5) is 12.5. The number of nitrogens with two attached hydrogens (primary N) is 1. The summed E-state index contributed by atoms with van der Waals surface area (Å²) in [6.07, 6.45) is 0.692. The molecule has 5 heteroatoms. The summed E-state index contributed by atoms with van der Waals surface area (Å²) >= 11 is 1.69. The summed E-state index contributed by atoms with van der Waals surface area (Å²) in [5.74, 6) is 0. The number of nitro benzene ring substituents is 1. The number of nitrogens with zero attached hydrogens (tertiary/aromatic N) is 1.